The van der Waals surface area contributed by atoms with Gasteiger partial charge in [-0.2, -0.15) is 4.68 Å². The Morgan fingerprint density at radius 2 is 2.00 bits per heavy atom. The Kier molecular flexibility index (Phi) is 3.88. The van der Waals surface area contributed by atoms with E-state index in [9.17, 15) is 0 Å². The third-order valence-corrected chi connectivity index (χ3v) is 2.91. The van der Waals surface area contributed by atoms with E-state index in [2.05, 4.69) is 32.7 Å². The standard InChI is InChI=1S/C12H18N6/c1-10(17(2)3)9-13-12-14-15-16-18(12)11-7-5-4-6-8-11/h4-8,10H,9H2,1-3H3,(H,13,14,16). The predicted octanol–water partition coefficient (Wildman–Crippen LogP) is 1.02. The van der Waals surface area contributed by atoms with E-state index in [0.717, 1.165) is 12.2 Å². The summed E-state index contributed by atoms with van der Waals surface area (Å²) in [5.74, 6) is 0.662. The predicted molar refractivity (Wildman–Crippen MR) is 70.8 cm³/mol. The lowest BCUT2D eigenvalue weighted by Crippen LogP contribution is -2.32. The number of rotatable bonds is 5. The van der Waals surface area contributed by atoms with Crippen molar-refractivity contribution in [3.63, 3.8) is 0 Å². The quantitative estimate of drug-likeness (QED) is 0.853. The van der Waals surface area contributed by atoms with Gasteiger partial charge in [-0.3, -0.25) is 0 Å². The van der Waals surface area contributed by atoms with E-state index in [1.54, 1.807) is 4.68 Å². The van der Waals surface area contributed by atoms with Crippen LogP contribution < -0.4 is 5.32 Å². The van der Waals surface area contributed by atoms with Gasteiger partial charge in [-0.05, 0) is 43.6 Å². The second-order valence-corrected chi connectivity index (χ2v) is 4.44. The molecule has 0 radical (unpaired) electrons. The third-order valence-electron chi connectivity index (χ3n) is 2.91. The molecule has 1 aromatic carbocycles. The van der Waals surface area contributed by atoms with Crippen molar-refractivity contribution in [2.45, 2.75) is 13.0 Å². The van der Waals surface area contributed by atoms with Crippen LogP contribution in [0.1, 0.15) is 6.92 Å². The van der Waals surface area contributed by atoms with E-state index in [-0.39, 0.29) is 0 Å². The molecule has 18 heavy (non-hydrogen) atoms. The first-order valence-electron chi connectivity index (χ1n) is 5.92. The van der Waals surface area contributed by atoms with Gasteiger partial charge in [0.1, 0.15) is 0 Å². The SMILES string of the molecule is CC(CNc1nnnn1-c1ccccc1)N(C)C. The van der Waals surface area contributed by atoms with Crippen LogP contribution in [0.5, 0.6) is 0 Å². The van der Waals surface area contributed by atoms with Gasteiger partial charge in [0.2, 0.25) is 5.95 Å². The third kappa shape index (κ3) is 2.84. The van der Waals surface area contributed by atoms with Gasteiger partial charge in [0.15, 0.2) is 0 Å². The molecule has 2 aromatic rings. The maximum atomic E-state index is 4.00. The Morgan fingerprint density at radius 3 is 2.67 bits per heavy atom. The molecule has 1 N–H and O–H groups in total. The van der Waals surface area contributed by atoms with Crippen LogP contribution in [0.15, 0.2) is 30.3 Å². The van der Waals surface area contributed by atoms with Gasteiger partial charge in [0.05, 0.1) is 5.69 Å². The normalized spacial score (nSPS) is 12.7. The number of para-hydroxylation sites is 1. The van der Waals surface area contributed by atoms with Crippen LogP contribution in [0, 0.1) is 0 Å². The molecule has 0 aliphatic heterocycles. The number of anilines is 1. The maximum Gasteiger partial charge on any atom is 0.247 e. The van der Waals surface area contributed by atoms with E-state index >= 15 is 0 Å². The first kappa shape index (κ1) is 12.5. The summed E-state index contributed by atoms with van der Waals surface area (Å²) in [5.41, 5.74) is 0.947. The van der Waals surface area contributed by atoms with Crippen LogP contribution in [0.3, 0.4) is 0 Å². The highest BCUT2D eigenvalue weighted by molar-refractivity contribution is 5.38. The van der Waals surface area contributed by atoms with Crippen LogP contribution in [0.2, 0.25) is 0 Å². The van der Waals surface area contributed by atoms with Crippen molar-refractivity contribution in [3.8, 4) is 5.69 Å². The number of nitrogens with one attached hydrogen (secondary N) is 1. The van der Waals surface area contributed by atoms with Gasteiger partial charge in [0.25, 0.3) is 0 Å². The zero-order chi connectivity index (χ0) is 13.0. The fourth-order valence-electron chi connectivity index (χ4n) is 1.46. The largest absolute Gasteiger partial charge is 0.351 e. The Morgan fingerprint density at radius 1 is 1.28 bits per heavy atom. The number of likely N-dealkylation sites (N-methyl/N-ethyl adjacent to an activating group) is 1. The van der Waals surface area contributed by atoms with Crippen molar-refractivity contribution in [3.05, 3.63) is 30.3 Å². The lowest BCUT2D eigenvalue weighted by Gasteiger charge is -2.19. The molecule has 6 heteroatoms. The van der Waals surface area contributed by atoms with Gasteiger partial charge < -0.3 is 10.2 Å². The number of hydrogen-bond donors (Lipinski definition) is 1. The molecule has 96 valence electrons. The Labute approximate surface area is 107 Å². The second-order valence-electron chi connectivity index (χ2n) is 4.44. The molecule has 2 rings (SSSR count). The number of nitrogens with zero attached hydrogens (tertiary/aromatic N) is 5. The van der Waals surface area contributed by atoms with E-state index in [1.165, 1.54) is 0 Å². The summed E-state index contributed by atoms with van der Waals surface area (Å²) < 4.78 is 1.70. The fraction of sp³-hybridized carbons (Fsp3) is 0.417. The molecular weight excluding hydrogens is 228 g/mol. The average molecular weight is 246 g/mol. The smallest absolute Gasteiger partial charge is 0.247 e. The molecule has 1 aromatic heterocycles. The molecule has 0 saturated heterocycles. The monoisotopic (exact) mass is 246 g/mol. The van der Waals surface area contributed by atoms with Crippen molar-refractivity contribution in [1.29, 1.82) is 0 Å². The number of hydrogen-bond acceptors (Lipinski definition) is 5. The molecule has 1 heterocycles. The van der Waals surface area contributed by atoms with Crippen molar-refractivity contribution in [1.82, 2.24) is 25.1 Å². The summed E-state index contributed by atoms with van der Waals surface area (Å²) in [7, 11) is 4.10. The number of benzene rings is 1. The molecule has 0 bridgehead atoms. The highest BCUT2D eigenvalue weighted by Gasteiger charge is 2.09. The minimum Gasteiger partial charge on any atom is -0.351 e. The second kappa shape index (κ2) is 5.59. The van der Waals surface area contributed by atoms with E-state index in [4.69, 9.17) is 0 Å². The van der Waals surface area contributed by atoms with E-state index in [1.807, 2.05) is 44.4 Å². The van der Waals surface area contributed by atoms with Crippen molar-refractivity contribution in [2.75, 3.05) is 26.0 Å². The number of aromatic nitrogens is 4. The lowest BCUT2D eigenvalue weighted by atomic mass is 10.3. The minimum absolute atomic E-state index is 0.408. The lowest BCUT2D eigenvalue weighted by molar-refractivity contribution is 0.325. The summed E-state index contributed by atoms with van der Waals surface area (Å²) in [6.07, 6.45) is 0. The van der Waals surface area contributed by atoms with Gasteiger partial charge in [0, 0.05) is 12.6 Å². The molecule has 0 aliphatic carbocycles. The molecule has 0 spiro atoms. The Bertz CT molecular complexity index is 478. The molecule has 6 nitrogen and oxygen atoms in total. The van der Waals surface area contributed by atoms with Crippen molar-refractivity contribution < 1.29 is 0 Å². The highest BCUT2D eigenvalue weighted by atomic mass is 15.6. The Balaban J connectivity index is 2.09. The first-order valence-corrected chi connectivity index (χ1v) is 5.92. The maximum absolute atomic E-state index is 4.00. The average Bonchev–Trinajstić information content (AvgIpc) is 2.85. The molecule has 1 unspecified atom stereocenters. The topological polar surface area (TPSA) is 58.9 Å². The van der Waals surface area contributed by atoms with E-state index < -0.39 is 0 Å². The molecule has 0 saturated carbocycles. The summed E-state index contributed by atoms with van der Waals surface area (Å²) in [6, 6.07) is 10.2. The summed E-state index contributed by atoms with van der Waals surface area (Å²) >= 11 is 0. The van der Waals surface area contributed by atoms with Crippen LogP contribution in [0.4, 0.5) is 5.95 Å². The van der Waals surface area contributed by atoms with Crippen molar-refractivity contribution in [2.24, 2.45) is 0 Å². The van der Waals surface area contributed by atoms with Crippen molar-refractivity contribution >= 4 is 5.95 Å². The zero-order valence-corrected chi connectivity index (χ0v) is 10.9. The molecule has 0 amide bonds. The van der Waals surface area contributed by atoms with Gasteiger partial charge in [-0.25, -0.2) is 0 Å². The molecule has 0 aliphatic rings. The molecule has 1 atom stereocenters. The van der Waals surface area contributed by atoms with E-state index in [0.29, 0.717) is 12.0 Å². The van der Waals surface area contributed by atoms with Crippen LogP contribution in [-0.2, 0) is 0 Å². The minimum atomic E-state index is 0.408. The first-order chi connectivity index (χ1) is 8.68. The van der Waals surface area contributed by atoms with Gasteiger partial charge in [-0.1, -0.05) is 23.3 Å². The highest BCUT2D eigenvalue weighted by Crippen LogP contribution is 2.10. The van der Waals surface area contributed by atoms with Crippen LogP contribution in [-0.4, -0.2) is 51.8 Å². The van der Waals surface area contributed by atoms with Crippen LogP contribution >= 0.6 is 0 Å². The molecule has 0 fully saturated rings. The fourth-order valence-corrected chi connectivity index (χ4v) is 1.46. The summed E-state index contributed by atoms with van der Waals surface area (Å²) in [4.78, 5) is 2.14. The Hall–Kier alpha value is -1.95. The van der Waals surface area contributed by atoms with Gasteiger partial charge >= 0.3 is 0 Å². The zero-order valence-electron chi connectivity index (χ0n) is 10.9. The summed E-state index contributed by atoms with van der Waals surface area (Å²) in [5, 5.41) is 15.0. The van der Waals surface area contributed by atoms with Crippen LogP contribution in [0.25, 0.3) is 5.69 Å². The van der Waals surface area contributed by atoms with Gasteiger partial charge in [-0.15, -0.1) is 0 Å². The number of tetrazole rings is 1. The summed E-state index contributed by atoms with van der Waals surface area (Å²) in [6.45, 7) is 2.93. The molecular formula is C12H18N6.